The van der Waals surface area contributed by atoms with E-state index >= 15 is 0 Å². The number of H-pyrrole nitrogens is 1. The van der Waals surface area contributed by atoms with Crippen molar-refractivity contribution in [2.45, 2.75) is 83.6 Å². The third-order valence-corrected chi connectivity index (χ3v) is 5.52. The number of ether oxygens (including phenoxy) is 1. The van der Waals surface area contributed by atoms with E-state index in [0.717, 1.165) is 12.1 Å². The monoisotopic (exact) mass is 531 g/mol. The van der Waals surface area contributed by atoms with Gasteiger partial charge in [-0.2, -0.15) is 0 Å². The first kappa shape index (κ1) is 32.2. The maximum atomic E-state index is 10.3. The summed E-state index contributed by atoms with van der Waals surface area (Å²) in [6.07, 6.45) is 16.2. The topological polar surface area (TPSA) is 230 Å². The maximum absolute atomic E-state index is 10.3. The largest absolute Gasteiger partial charge is 0.491 e. The first-order valence-corrected chi connectivity index (χ1v) is 13.1. The minimum Gasteiger partial charge on any atom is -0.491 e. The van der Waals surface area contributed by atoms with Gasteiger partial charge in [-0.3, -0.25) is 4.79 Å². The number of benzene rings is 1. The van der Waals surface area contributed by atoms with Crippen molar-refractivity contribution in [1.29, 1.82) is 0 Å². The van der Waals surface area contributed by atoms with Crippen molar-refractivity contribution in [3.05, 3.63) is 36.4 Å². The van der Waals surface area contributed by atoms with Crippen molar-refractivity contribution in [2.75, 3.05) is 6.61 Å². The van der Waals surface area contributed by atoms with Gasteiger partial charge >= 0.3 is 5.97 Å². The summed E-state index contributed by atoms with van der Waals surface area (Å²) in [6, 6.07) is 4.38. The van der Waals surface area contributed by atoms with Crippen LogP contribution in [-0.4, -0.2) is 45.6 Å². The number of aromatic amines is 1. The molecule has 0 radical (unpaired) electrons. The van der Waals surface area contributed by atoms with Gasteiger partial charge in [0.15, 0.2) is 11.9 Å². The van der Waals surface area contributed by atoms with E-state index in [2.05, 4.69) is 26.9 Å². The maximum Gasteiger partial charge on any atom is 0.320 e. The second-order valence-electron chi connectivity index (χ2n) is 8.98. The average Bonchev–Trinajstić information content (AvgIpc) is 3.36. The number of nitrogens with one attached hydrogen (secondary N) is 1. The van der Waals surface area contributed by atoms with E-state index in [-0.39, 0.29) is 18.3 Å². The number of hydrogen-bond acceptors (Lipinski definition) is 6. The highest BCUT2D eigenvalue weighted by atomic mass is 16.5. The molecule has 2 aromatic rings. The molecular formula is C26H45N9O3. The number of guanidine groups is 2. The average molecular weight is 532 g/mol. The Bertz CT molecular complexity index is 970. The number of hydrogen-bond donors (Lipinski definition) is 7. The van der Waals surface area contributed by atoms with Gasteiger partial charge in [0, 0.05) is 18.3 Å². The first-order chi connectivity index (χ1) is 18.2. The lowest BCUT2D eigenvalue weighted by molar-refractivity contribution is -0.138. The Morgan fingerprint density at radius 2 is 1.58 bits per heavy atom. The van der Waals surface area contributed by atoms with Crippen LogP contribution in [0.5, 0.6) is 5.75 Å². The van der Waals surface area contributed by atoms with Gasteiger partial charge in [0.1, 0.15) is 17.5 Å². The molecule has 12 heteroatoms. The molecule has 12 nitrogen and oxygen atoms in total. The number of aromatic nitrogens is 2. The van der Waals surface area contributed by atoms with Gasteiger partial charge in [0.2, 0.25) is 0 Å². The normalized spacial score (nSPS) is 11.1. The highest BCUT2D eigenvalue weighted by molar-refractivity contribution is 5.82. The van der Waals surface area contributed by atoms with Crippen LogP contribution in [0.4, 0.5) is 11.4 Å². The van der Waals surface area contributed by atoms with E-state index < -0.39 is 12.0 Å². The number of imidazole rings is 1. The lowest BCUT2D eigenvalue weighted by Crippen LogP contribution is -2.32. The summed E-state index contributed by atoms with van der Waals surface area (Å²) >= 11 is 0. The summed E-state index contributed by atoms with van der Waals surface area (Å²) in [5.74, 6) is -0.446. The lowest BCUT2D eigenvalue weighted by Gasteiger charge is -2.10. The predicted octanol–water partition coefficient (Wildman–Crippen LogP) is 3.16. The molecule has 1 atom stereocenters. The fourth-order valence-corrected chi connectivity index (χ4v) is 3.57. The molecular weight excluding hydrogens is 486 g/mol. The molecule has 0 aliphatic carbocycles. The van der Waals surface area contributed by atoms with Crippen molar-refractivity contribution in [3.8, 4) is 5.75 Å². The standard InChI is InChI=1S/C20H36N6O.C6H9N3O2/c1-2-3-4-5-6-7-8-9-10-11-14-27-18-13-12-16(25-19(21)22)15-17(18)26-20(23)24;7-5(6(10)11)1-4-2-8-3-9-4/h12-13,15H,2-11,14H2,1H3,(H4,21,22,25)(H4,23,24,26);2-3,5H,1,7H2,(H,8,9)(H,10,11)/t;5-/m.0/s1. The van der Waals surface area contributed by atoms with Crippen LogP contribution < -0.4 is 33.4 Å². The summed E-state index contributed by atoms with van der Waals surface area (Å²) in [7, 11) is 0. The zero-order valence-corrected chi connectivity index (χ0v) is 22.4. The van der Waals surface area contributed by atoms with E-state index in [1.54, 1.807) is 24.4 Å². The zero-order chi connectivity index (χ0) is 28.2. The number of carboxylic acid groups (broad SMARTS) is 1. The van der Waals surface area contributed by atoms with Crippen LogP contribution in [0.25, 0.3) is 0 Å². The van der Waals surface area contributed by atoms with Gasteiger partial charge < -0.3 is 43.5 Å². The number of rotatable bonds is 17. The molecule has 0 fully saturated rings. The van der Waals surface area contributed by atoms with Crippen LogP contribution in [0.15, 0.2) is 40.7 Å². The third kappa shape index (κ3) is 15.3. The number of nitrogens with two attached hydrogens (primary N) is 5. The Labute approximate surface area is 225 Å². The molecule has 0 bridgehead atoms. The Morgan fingerprint density at radius 3 is 2.11 bits per heavy atom. The van der Waals surface area contributed by atoms with Gasteiger partial charge in [0.25, 0.3) is 0 Å². The molecule has 0 amide bonds. The molecule has 0 unspecified atom stereocenters. The van der Waals surface area contributed by atoms with E-state index in [9.17, 15) is 4.79 Å². The lowest BCUT2D eigenvalue weighted by atomic mass is 10.1. The quantitative estimate of drug-likeness (QED) is 0.0901. The second kappa shape index (κ2) is 19.3. The number of nitrogens with zero attached hydrogens (tertiary/aromatic N) is 3. The summed E-state index contributed by atoms with van der Waals surface area (Å²) in [5.41, 5.74) is 28.9. The number of unbranched alkanes of at least 4 members (excludes halogenated alkanes) is 9. The summed E-state index contributed by atoms with van der Waals surface area (Å²) < 4.78 is 5.84. The molecule has 0 saturated heterocycles. The van der Waals surface area contributed by atoms with Crippen LogP contribution >= 0.6 is 0 Å². The molecule has 212 valence electrons. The zero-order valence-electron chi connectivity index (χ0n) is 22.4. The molecule has 1 heterocycles. The van der Waals surface area contributed by atoms with E-state index in [1.807, 2.05) is 0 Å². The van der Waals surface area contributed by atoms with Crippen LogP contribution in [-0.2, 0) is 11.2 Å². The summed E-state index contributed by atoms with van der Waals surface area (Å²) in [5, 5.41) is 8.42. The Balaban J connectivity index is 0.000000544. The molecule has 0 aliphatic rings. The smallest absolute Gasteiger partial charge is 0.320 e. The molecule has 0 aliphatic heterocycles. The molecule has 0 saturated carbocycles. The Hall–Kier alpha value is -3.80. The van der Waals surface area contributed by atoms with Crippen LogP contribution in [0.2, 0.25) is 0 Å². The van der Waals surface area contributed by atoms with Crippen molar-refractivity contribution >= 4 is 29.3 Å². The van der Waals surface area contributed by atoms with Crippen LogP contribution in [0.3, 0.4) is 0 Å². The fourth-order valence-electron chi connectivity index (χ4n) is 3.57. The van der Waals surface area contributed by atoms with Crippen LogP contribution in [0, 0.1) is 0 Å². The summed E-state index contributed by atoms with van der Waals surface area (Å²) in [6.45, 7) is 2.88. The van der Waals surface area contributed by atoms with Crippen molar-refractivity contribution in [3.63, 3.8) is 0 Å². The van der Waals surface area contributed by atoms with E-state index in [1.165, 1.54) is 64.1 Å². The van der Waals surface area contributed by atoms with E-state index in [0.29, 0.717) is 23.7 Å². The van der Waals surface area contributed by atoms with Crippen molar-refractivity contribution < 1.29 is 14.6 Å². The molecule has 1 aromatic heterocycles. The minimum absolute atomic E-state index is 0.0234. The molecule has 12 N–H and O–H groups in total. The summed E-state index contributed by atoms with van der Waals surface area (Å²) in [4.78, 5) is 24.9. The van der Waals surface area contributed by atoms with Gasteiger partial charge in [-0.25, -0.2) is 15.0 Å². The Morgan fingerprint density at radius 1 is 0.974 bits per heavy atom. The third-order valence-electron chi connectivity index (χ3n) is 5.52. The number of carbonyl (C=O) groups is 1. The molecule has 38 heavy (non-hydrogen) atoms. The minimum atomic E-state index is -1.00. The molecule has 0 spiro atoms. The Kier molecular flexibility index (Phi) is 16.4. The van der Waals surface area contributed by atoms with Crippen molar-refractivity contribution in [2.24, 2.45) is 38.7 Å². The highest BCUT2D eigenvalue weighted by Gasteiger charge is 2.12. The number of aliphatic carboxylic acids is 1. The fraction of sp³-hybridized carbons (Fsp3) is 0.538. The first-order valence-electron chi connectivity index (χ1n) is 13.1. The predicted molar refractivity (Wildman–Crippen MR) is 153 cm³/mol. The number of carboxylic acids is 1. The van der Waals surface area contributed by atoms with Crippen molar-refractivity contribution in [1.82, 2.24) is 9.97 Å². The van der Waals surface area contributed by atoms with Gasteiger partial charge in [0.05, 0.1) is 18.6 Å². The highest BCUT2D eigenvalue weighted by Crippen LogP contribution is 2.32. The van der Waals surface area contributed by atoms with Gasteiger partial charge in [-0.1, -0.05) is 64.7 Å². The van der Waals surface area contributed by atoms with Gasteiger partial charge in [-0.15, -0.1) is 0 Å². The number of aliphatic imine (C=N–C) groups is 2. The SMILES string of the molecule is CCCCCCCCCCCCOc1ccc(N=C(N)N)cc1N=C(N)N.N[C@@H](Cc1cnc[nH]1)C(=O)O. The van der Waals surface area contributed by atoms with E-state index in [4.69, 9.17) is 38.5 Å². The molecule has 1 aromatic carbocycles. The van der Waals surface area contributed by atoms with Crippen LogP contribution in [0.1, 0.15) is 76.8 Å². The molecule has 2 rings (SSSR count). The van der Waals surface area contributed by atoms with Gasteiger partial charge in [-0.05, 0) is 24.6 Å². The second-order valence-corrected chi connectivity index (χ2v) is 8.98.